The molecule has 24 heavy (non-hydrogen) atoms. The maximum absolute atomic E-state index is 12.2. The fourth-order valence-electron chi connectivity index (χ4n) is 2.79. The van der Waals surface area contributed by atoms with Crippen LogP contribution >= 0.6 is 0 Å². The van der Waals surface area contributed by atoms with Crippen molar-refractivity contribution in [3.05, 3.63) is 59.7 Å². The lowest BCUT2D eigenvalue weighted by atomic mass is 10.1. The number of amides is 1. The SMILES string of the molecule is Cc1ccccc1CC(=O)Nc1ccc(OCC2CCCO2)cc1. The maximum Gasteiger partial charge on any atom is 0.228 e. The zero-order valence-corrected chi connectivity index (χ0v) is 14.0. The first-order valence-electron chi connectivity index (χ1n) is 8.39. The minimum absolute atomic E-state index is 0.0164. The van der Waals surface area contributed by atoms with Crippen molar-refractivity contribution in [2.45, 2.75) is 32.3 Å². The van der Waals surface area contributed by atoms with E-state index in [1.807, 2.05) is 55.5 Å². The van der Waals surface area contributed by atoms with Crippen LogP contribution in [0.3, 0.4) is 0 Å². The van der Waals surface area contributed by atoms with Gasteiger partial charge in [0.2, 0.25) is 5.91 Å². The molecule has 1 atom stereocenters. The van der Waals surface area contributed by atoms with Crippen LogP contribution in [-0.4, -0.2) is 25.2 Å². The van der Waals surface area contributed by atoms with E-state index in [0.29, 0.717) is 13.0 Å². The van der Waals surface area contributed by atoms with Crippen molar-refractivity contribution in [2.24, 2.45) is 0 Å². The zero-order valence-electron chi connectivity index (χ0n) is 14.0. The molecule has 0 bridgehead atoms. The summed E-state index contributed by atoms with van der Waals surface area (Å²) in [5.41, 5.74) is 2.95. The van der Waals surface area contributed by atoms with Crippen molar-refractivity contribution in [3.8, 4) is 5.75 Å². The maximum atomic E-state index is 12.2. The van der Waals surface area contributed by atoms with Crippen LogP contribution in [0.1, 0.15) is 24.0 Å². The largest absolute Gasteiger partial charge is 0.491 e. The average Bonchev–Trinajstić information content (AvgIpc) is 3.10. The van der Waals surface area contributed by atoms with E-state index in [4.69, 9.17) is 9.47 Å². The van der Waals surface area contributed by atoms with Crippen LogP contribution in [0, 0.1) is 6.92 Å². The van der Waals surface area contributed by atoms with Gasteiger partial charge in [0, 0.05) is 12.3 Å². The molecule has 1 unspecified atom stereocenters. The standard InChI is InChI=1S/C20H23NO3/c1-15-5-2-3-6-16(15)13-20(22)21-17-8-10-18(11-9-17)24-14-19-7-4-12-23-19/h2-3,5-6,8-11,19H,4,7,12-14H2,1H3,(H,21,22). The van der Waals surface area contributed by atoms with E-state index in [1.54, 1.807) is 0 Å². The molecule has 0 radical (unpaired) electrons. The molecular formula is C20H23NO3. The van der Waals surface area contributed by atoms with Crippen molar-refractivity contribution in [1.29, 1.82) is 0 Å². The molecule has 1 amide bonds. The van der Waals surface area contributed by atoms with Gasteiger partial charge in [-0.3, -0.25) is 4.79 Å². The third-order valence-corrected chi connectivity index (χ3v) is 4.21. The van der Waals surface area contributed by atoms with E-state index in [2.05, 4.69) is 5.32 Å². The fraction of sp³-hybridized carbons (Fsp3) is 0.350. The second-order valence-electron chi connectivity index (χ2n) is 6.12. The van der Waals surface area contributed by atoms with E-state index in [1.165, 1.54) is 0 Å². The second-order valence-corrected chi connectivity index (χ2v) is 6.12. The highest BCUT2D eigenvalue weighted by Gasteiger charge is 2.15. The van der Waals surface area contributed by atoms with Crippen LogP contribution in [0.5, 0.6) is 5.75 Å². The second kappa shape index (κ2) is 7.97. The van der Waals surface area contributed by atoms with Crippen LogP contribution in [0.15, 0.2) is 48.5 Å². The molecule has 1 N–H and O–H groups in total. The lowest BCUT2D eigenvalue weighted by Crippen LogP contribution is -2.16. The molecule has 3 rings (SSSR count). The Hall–Kier alpha value is -2.33. The molecule has 0 saturated carbocycles. The van der Waals surface area contributed by atoms with E-state index in [-0.39, 0.29) is 12.0 Å². The Balaban J connectivity index is 1.50. The molecule has 1 aliphatic heterocycles. The van der Waals surface area contributed by atoms with Gasteiger partial charge in [-0.05, 0) is 55.2 Å². The predicted octanol–water partition coefficient (Wildman–Crippen LogP) is 3.73. The molecule has 0 aliphatic carbocycles. The number of hydrogen-bond donors (Lipinski definition) is 1. The van der Waals surface area contributed by atoms with Crippen LogP contribution in [-0.2, 0) is 16.0 Å². The lowest BCUT2D eigenvalue weighted by molar-refractivity contribution is -0.115. The Kier molecular flexibility index (Phi) is 5.49. The quantitative estimate of drug-likeness (QED) is 0.880. The molecule has 1 saturated heterocycles. The van der Waals surface area contributed by atoms with Crippen molar-refractivity contribution in [3.63, 3.8) is 0 Å². The highest BCUT2D eigenvalue weighted by atomic mass is 16.5. The number of carbonyl (C=O) groups is 1. The van der Waals surface area contributed by atoms with Gasteiger partial charge in [0.25, 0.3) is 0 Å². The zero-order chi connectivity index (χ0) is 16.8. The molecule has 0 spiro atoms. The summed E-state index contributed by atoms with van der Waals surface area (Å²) in [6.45, 7) is 3.43. The van der Waals surface area contributed by atoms with Crippen molar-refractivity contribution in [1.82, 2.24) is 0 Å². The first-order valence-corrected chi connectivity index (χ1v) is 8.39. The van der Waals surface area contributed by atoms with Crippen molar-refractivity contribution < 1.29 is 14.3 Å². The molecule has 126 valence electrons. The van der Waals surface area contributed by atoms with Gasteiger partial charge >= 0.3 is 0 Å². The summed E-state index contributed by atoms with van der Waals surface area (Å²) >= 11 is 0. The minimum Gasteiger partial charge on any atom is -0.491 e. The smallest absolute Gasteiger partial charge is 0.228 e. The Morgan fingerprint density at radius 1 is 1.21 bits per heavy atom. The molecule has 0 aromatic heterocycles. The number of hydrogen-bond acceptors (Lipinski definition) is 3. The number of rotatable bonds is 6. The Bertz CT molecular complexity index is 676. The van der Waals surface area contributed by atoms with E-state index < -0.39 is 0 Å². The molecule has 1 fully saturated rings. The molecule has 2 aromatic rings. The monoisotopic (exact) mass is 325 g/mol. The van der Waals surface area contributed by atoms with Crippen molar-refractivity contribution in [2.75, 3.05) is 18.5 Å². The molecule has 2 aromatic carbocycles. The number of carbonyl (C=O) groups excluding carboxylic acids is 1. The first-order chi connectivity index (χ1) is 11.7. The Morgan fingerprint density at radius 2 is 2.00 bits per heavy atom. The van der Waals surface area contributed by atoms with Crippen LogP contribution in [0.25, 0.3) is 0 Å². The van der Waals surface area contributed by atoms with Crippen molar-refractivity contribution >= 4 is 11.6 Å². The summed E-state index contributed by atoms with van der Waals surface area (Å²) in [7, 11) is 0. The number of ether oxygens (including phenoxy) is 2. The van der Waals surface area contributed by atoms with Gasteiger partial charge < -0.3 is 14.8 Å². The summed E-state index contributed by atoms with van der Waals surface area (Å²) < 4.78 is 11.3. The summed E-state index contributed by atoms with van der Waals surface area (Å²) in [5.74, 6) is 0.778. The topological polar surface area (TPSA) is 47.6 Å². The fourth-order valence-corrected chi connectivity index (χ4v) is 2.79. The lowest BCUT2D eigenvalue weighted by Gasteiger charge is -2.12. The average molecular weight is 325 g/mol. The molecule has 4 heteroatoms. The number of nitrogens with one attached hydrogen (secondary N) is 1. The number of aryl methyl sites for hydroxylation is 1. The third-order valence-electron chi connectivity index (χ3n) is 4.21. The van der Waals surface area contributed by atoms with Crippen LogP contribution < -0.4 is 10.1 Å². The van der Waals surface area contributed by atoms with Gasteiger partial charge in [-0.25, -0.2) is 0 Å². The highest BCUT2D eigenvalue weighted by molar-refractivity contribution is 5.92. The van der Waals surface area contributed by atoms with Gasteiger partial charge in [-0.2, -0.15) is 0 Å². The van der Waals surface area contributed by atoms with Crippen LogP contribution in [0.2, 0.25) is 0 Å². The van der Waals surface area contributed by atoms with E-state index >= 15 is 0 Å². The summed E-state index contributed by atoms with van der Waals surface area (Å²) in [5, 5.41) is 2.92. The van der Waals surface area contributed by atoms with Gasteiger partial charge in [-0.1, -0.05) is 24.3 Å². The Morgan fingerprint density at radius 3 is 2.71 bits per heavy atom. The van der Waals surface area contributed by atoms with Gasteiger partial charge in [0.1, 0.15) is 12.4 Å². The van der Waals surface area contributed by atoms with E-state index in [0.717, 1.165) is 42.0 Å². The summed E-state index contributed by atoms with van der Waals surface area (Å²) in [4.78, 5) is 12.2. The highest BCUT2D eigenvalue weighted by Crippen LogP contribution is 2.19. The first kappa shape index (κ1) is 16.5. The van der Waals surface area contributed by atoms with E-state index in [9.17, 15) is 4.79 Å². The molecule has 1 heterocycles. The third kappa shape index (κ3) is 4.59. The van der Waals surface area contributed by atoms with Gasteiger partial charge in [0.05, 0.1) is 12.5 Å². The Labute approximate surface area is 142 Å². The summed E-state index contributed by atoms with van der Waals surface area (Å²) in [6, 6.07) is 15.4. The normalized spacial score (nSPS) is 16.8. The van der Waals surface area contributed by atoms with Crippen LogP contribution in [0.4, 0.5) is 5.69 Å². The molecule has 4 nitrogen and oxygen atoms in total. The predicted molar refractivity (Wildman–Crippen MR) is 94.4 cm³/mol. The minimum atomic E-state index is -0.0164. The number of anilines is 1. The summed E-state index contributed by atoms with van der Waals surface area (Å²) in [6.07, 6.45) is 2.76. The number of benzene rings is 2. The molecule has 1 aliphatic rings. The van der Waals surface area contributed by atoms with Gasteiger partial charge in [0.15, 0.2) is 0 Å². The molecular weight excluding hydrogens is 302 g/mol. The van der Waals surface area contributed by atoms with Gasteiger partial charge in [-0.15, -0.1) is 0 Å².